The molecule has 10 heteroatoms. The molecule has 7 nitrogen and oxygen atoms in total. The molecular weight excluding hydrogens is 411 g/mol. The number of nitrogens with zero attached hydrogens (tertiary/aromatic N) is 4. The fourth-order valence-corrected chi connectivity index (χ4v) is 5.74. The van der Waals surface area contributed by atoms with Crippen LogP contribution >= 0.6 is 23.2 Å². The first-order chi connectivity index (χ1) is 12.6. The number of rotatable bonds is 3. The number of amides is 1. The zero-order valence-electron chi connectivity index (χ0n) is 15.2. The summed E-state index contributed by atoms with van der Waals surface area (Å²) in [5.74, 6) is -0.133. The van der Waals surface area contributed by atoms with Crippen molar-refractivity contribution in [3.05, 3.63) is 45.2 Å². The Morgan fingerprint density at radius 2 is 1.63 bits per heavy atom. The maximum absolute atomic E-state index is 12.9. The maximum atomic E-state index is 12.9. The number of carbonyl (C=O) groups is 1. The monoisotopic (exact) mass is 430 g/mol. The Balaban J connectivity index is 1.78. The molecule has 2 aromatic rings. The van der Waals surface area contributed by atoms with Crippen LogP contribution in [0.1, 0.15) is 21.7 Å². The Morgan fingerprint density at radius 3 is 2.11 bits per heavy atom. The van der Waals surface area contributed by atoms with E-state index in [1.807, 2.05) is 6.92 Å². The maximum Gasteiger partial charge on any atom is 0.257 e. The summed E-state index contributed by atoms with van der Waals surface area (Å²) in [5.41, 5.74) is 2.02. The van der Waals surface area contributed by atoms with Gasteiger partial charge in [0, 0.05) is 38.9 Å². The first kappa shape index (κ1) is 20.1. The largest absolute Gasteiger partial charge is 0.336 e. The van der Waals surface area contributed by atoms with Gasteiger partial charge in [-0.25, -0.2) is 8.42 Å². The van der Waals surface area contributed by atoms with Crippen LogP contribution in [0.3, 0.4) is 0 Å². The number of sulfonamides is 1. The van der Waals surface area contributed by atoms with Crippen LogP contribution in [-0.2, 0) is 17.1 Å². The number of aromatic nitrogens is 2. The molecule has 3 rings (SSSR count). The second-order valence-electron chi connectivity index (χ2n) is 6.42. The Bertz CT molecular complexity index is 976. The number of aryl methyl sites for hydroxylation is 2. The van der Waals surface area contributed by atoms with E-state index in [0.717, 1.165) is 5.69 Å². The van der Waals surface area contributed by atoms with Crippen molar-refractivity contribution in [3.8, 4) is 0 Å². The highest BCUT2D eigenvalue weighted by atomic mass is 35.5. The lowest BCUT2D eigenvalue weighted by Gasteiger charge is -2.34. The average Bonchev–Trinajstić information content (AvgIpc) is 2.86. The minimum absolute atomic E-state index is 0.0858. The van der Waals surface area contributed by atoms with E-state index in [9.17, 15) is 13.2 Å². The number of hydrogen-bond acceptors (Lipinski definition) is 4. The van der Waals surface area contributed by atoms with E-state index in [2.05, 4.69) is 5.10 Å². The molecule has 1 amide bonds. The molecule has 2 heterocycles. The minimum Gasteiger partial charge on any atom is -0.336 e. The van der Waals surface area contributed by atoms with Gasteiger partial charge in [0.15, 0.2) is 0 Å². The van der Waals surface area contributed by atoms with Crippen molar-refractivity contribution in [1.29, 1.82) is 0 Å². The first-order valence-corrected chi connectivity index (χ1v) is 10.6. The van der Waals surface area contributed by atoms with Crippen molar-refractivity contribution in [1.82, 2.24) is 19.0 Å². The highest BCUT2D eigenvalue weighted by molar-refractivity contribution is 7.89. The van der Waals surface area contributed by atoms with Gasteiger partial charge in [0.05, 0.1) is 21.3 Å². The molecule has 1 fully saturated rings. The standard InChI is InChI=1S/C17H20Cl2N4O3S/c1-11-15(12(2)21(3)20-11)17(24)22-7-9-23(10-8-22)27(25,26)16-13(18)5-4-6-14(16)19/h4-6H,7-10H2,1-3H3. The van der Waals surface area contributed by atoms with E-state index in [4.69, 9.17) is 23.2 Å². The molecule has 1 aliphatic heterocycles. The summed E-state index contributed by atoms with van der Waals surface area (Å²) in [5, 5.41) is 4.44. The van der Waals surface area contributed by atoms with Crippen LogP contribution in [0, 0.1) is 13.8 Å². The molecule has 0 spiro atoms. The van der Waals surface area contributed by atoms with Gasteiger partial charge in [-0.15, -0.1) is 0 Å². The van der Waals surface area contributed by atoms with Crippen molar-refractivity contribution in [2.24, 2.45) is 7.05 Å². The number of hydrogen-bond donors (Lipinski definition) is 0. The van der Waals surface area contributed by atoms with E-state index in [1.165, 1.54) is 16.4 Å². The summed E-state index contributed by atoms with van der Waals surface area (Å²) in [7, 11) is -2.05. The molecule has 146 valence electrons. The van der Waals surface area contributed by atoms with Gasteiger partial charge >= 0.3 is 0 Å². The normalized spacial score (nSPS) is 16.0. The van der Waals surface area contributed by atoms with Crippen LogP contribution in [0.5, 0.6) is 0 Å². The first-order valence-electron chi connectivity index (χ1n) is 8.38. The zero-order chi connectivity index (χ0) is 19.9. The van der Waals surface area contributed by atoms with Crippen molar-refractivity contribution in [2.75, 3.05) is 26.2 Å². The highest BCUT2D eigenvalue weighted by Crippen LogP contribution is 2.32. The topological polar surface area (TPSA) is 75.5 Å². The summed E-state index contributed by atoms with van der Waals surface area (Å²) >= 11 is 12.1. The third kappa shape index (κ3) is 3.59. The van der Waals surface area contributed by atoms with Gasteiger partial charge in [0.1, 0.15) is 4.90 Å². The van der Waals surface area contributed by atoms with Crippen molar-refractivity contribution < 1.29 is 13.2 Å². The lowest BCUT2D eigenvalue weighted by Crippen LogP contribution is -2.50. The SMILES string of the molecule is Cc1nn(C)c(C)c1C(=O)N1CCN(S(=O)(=O)c2c(Cl)cccc2Cl)CC1. The van der Waals surface area contributed by atoms with E-state index in [1.54, 1.807) is 29.6 Å². The lowest BCUT2D eigenvalue weighted by molar-refractivity contribution is 0.0696. The Kier molecular flexibility index (Phi) is 5.54. The molecule has 0 N–H and O–H groups in total. The van der Waals surface area contributed by atoms with Crippen molar-refractivity contribution >= 4 is 39.1 Å². The molecule has 0 radical (unpaired) electrons. The van der Waals surface area contributed by atoms with Gasteiger partial charge in [0.25, 0.3) is 5.91 Å². The van der Waals surface area contributed by atoms with Crippen molar-refractivity contribution in [2.45, 2.75) is 18.7 Å². The van der Waals surface area contributed by atoms with Crippen LogP contribution in [0.15, 0.2) is 23.1 Å². The quantitative estimate of drug-likeness (QED) is 0.749. The van der Waals surface area contributed by atoms with E-state index in [-0.39, 0.29) is 47.0 Å². The average molecular weight is 431 g/mol. The lowest BCUT2D eigenvalue weighted by atomic mass is 10.1. The molecule has 1 aliphatic rings. The summed E-state index contributed by atoms with van der Waals surface area (Å²) in [4.78, 5) is 14.4. The van der Waals surface area contributed by atoms with Crippen LogP contribution in [-0.4, -0.2) is 59.5 Å². The summed E-state index contributed by atoms with van der Waals surface area (Å²) in [6.07, 6.45) is 0. The molecule has 0 saturated carbocycles. The third-order valence-corrected chi connectivity index (χ3v) is 7.62. The molecule has 1 aromatic carbocycles. The van der Waals surface area contributed by atoms with Crippen LogP contribution in [0.4, 0.5) is 0 Å². The second kappa shape index (κ2) is 7.43. The zero-order valence-corrected chi connectivity index (χ0v) is 17.6. The Hall–Kier alpha value is -1.61. The van der Waals surface area contributed by atoms with E-state index >= 15 is 0 Å². The fraction of sp³-hybridized carbons (Fsp3) is 0.412. The molecule has 0 atom stereocenters. The number of benzene rings is 1. The Morgan fingerprint density at radius 1 is 1.07 bits per heavy atom. The molecule has 27 heavy (non-hydrogen) atoms. The molecule has 0 unspecified atom stereocenters. The molecule has 0 bridgehead atoms. The summed E-state index contributed by atoms with van der Waals surface area (Å²) in [6, 6.07) is 4.58. The van der Waals surface area contributed by atoms with Crippen LogP contribution in [0.25, 0.3) is 0 Å². The number of halogens is 2. The van der Waals surface area contributed by atoms with Crippen molar-refractivity contribution in [3.63, 3.8) is 0 Å². The number of carbonyl (C=O) groups excluding carboxylic acids is 1. The fourth-order valence-electron chi connectivity index (χ4n) is 3.23. The predicted molar refractivity (Wildman–Crippen MR) is 104 cm³/mol. The molecular formula is C17H20Cl2N4O3S. The van der Waals surface area contributed by atoms with E-state index in [0.29, 0.717) is 11.3 Å². The molecule has 1 aromatic heterocycles. The smallest absolute Gasteiger partial charge is 0.257 e. The second-order valence-corrected chi connectivity index (χ2v) is 9.11. The van der Waals surface area contributed by atoms with Gasteiger partial charge in [-0.1, -0.05) is 29.3 Å². The summed E-state index contributed by atoms with van der Waals surface area (Å²) in [6.45, 7) is 4.55. The van der Waals surface area contributed by atoms with Gasteiger partial charge in [0.2, 0.25) is 10.0 Å². The van der Waals surface area contributed by atoms with E-state index < -0.39 is 10.0 Å². The van der Waals surface area contributed by atoms with Crippen LogP contribution in [0.2, 0.25) is 10.0 Å². The van der Waals surface area contributed by atoms with Crippen LogP contribution < -0.4 is 0 Å². The number of piperazine rings is 1. The Labute approximate surface area is 168 Å². The van der Waals surface area contributed by atoms with Gasteiger partial charge < -0.3 is 4.90 Å². The third-order valence-electron chi connectivity index (χ3n) is 4.77. The minimum atomic E-state index is -3.83. The molecule has 0 aliphatic carbocycles. The van der Waals surface area contributed by atoms with Gasteiger partial charge in [-0.2, -0.15) is 9.40 Å². The van der Waals surface area contributed by atoms with Gasteiger partial charge in [-0.05, 0) is 26.0 Å². The predicted octanol–water partition coefficient (Wildman–Crippen LogP) is 2.49. The van der Waals surface area contributed by atoms with Gasteiger partial charge in [-0.3, -0.25) is 9.48 Å². The molecule has 1 saturated heterocycles. The highest BCUT2D eigenvalue weighted by Gasteiger charge is 2.34. The summed E-state index contributed by atoms with van der Waals surface area (Å²) < 4.78 is 28.8.